The van der Waals surface area contributed by atoms with Crippen molar-refractivity contribution in [3.8, 4) is 11.1 Å². The molecule has 2 aromatic rings. The highest BCUT2D eigenvalue weighted by atomic mass is 31.2. The number of phosphoric ester groups is 1. The minimum absolute atomic E-state index is 0.00194. The normalized spacial score (nSPS) is 25.9. The number of rotatable bonds is 9. The Hall–Kier alpha value is -1.57. The molecule has 7 nitrogen and oxygen atoms in total. The van der Waals surface area contributed by atoms with Crippen molar-refractivity contribution in [2.24, 2.45) is 0 Å². The van der Waals surface area contributed by atoms with Crippen LogP contribution in [0.4, 0.5) is 0 Å². The second-order valence-electron chi connectivity index (χ2n) is 7.52. The maximum absolute atomic E-state index is 12.4. The van der Waals surface area contributed by atoms with Gasteiger partial charge in [0.05, 0.1) is 25.4 Å². The SMILES string of the molecule is CCC[C@H]1O[C@@H](C)[C@H](O)[C@@H]1OP(=O)(O)OCc1ccc(-c2ccc(CO)cc2)cc1. The third-order valence-corrected chi connectivity index (χ3v) is 6.18. The van der Waals surface area contributed by atoms with Crippen LogP contribution in [0.5, 0.6) is 0 Å². The largest absolute Gasteiger partial charge is 0.472 e. The number of hydrogen-bond donors (Lipinski definition) is 3. The molecule has 5 atom stereocenters. The van der Waals surface area contributed by atoms with Crippen molar-refractivity contribution in [3.63, 3.8) is 0 Å². The summed E-state index contributed by atoms with van der Waals surface area (Å²) in [4.78, 5) is 10.1. The molecule has 1 heterocycles. The highest BCUT2D eigenvalue weighted by Crippen LogP contribution is 2.48. The van der Waals surface area contributed by atoms with Gasteiger partial charge in [0.2, 0.25) is 0 Å². The lowest BCUT2D eigenvalue weighted by molar-refractivity contribution is 0.00446. The van der Waals surface area contributed by atoms with Crippen LogP contribution in [0, 0.1) is 0 Å². The van der Waals surface area contributed by atoms with Crippen LogP contribution in [0.2, 0.25) is 0 Å². The van der Waals surface area contributed by atoms with Crippen molar-refractivity contribution in [2.45, 2.75) is 64.3 Å². The second kappa shape index (κ2) is 10.2. The molecule has 3 N–H and O–H groups in total. The fourth-order valence-electron chi connectivity index (χ4n) is 3.50. The average molecular weight is 436 g/mol. The van der Waals surface area contributed by atoms with Crippen LogP contribution in [0.15, 0.2) is 48.5 Å². The van der Waals surface area contributed by atoms with Crippen molar-refractivity contribution in [1.82, 2.24) is 0 Å². The molecular weight excluding hydrogens is 407 g/mol. The van der Waals surface area contributed by atoms with E-state index in [0.29, 0.717) is 12.0 Å². The molecule has 1 fully saturated rings. The first-order valence-corrected chi connectivity index (χ1v) is 11.6. The van der Waals surface area contributed by atoms with E-state index in [2.05, 4.69) is 0 Å². The van der Waals surface area contributed by atoms with Gasteiger partial charge in [0.1, 0.15) is 12.2 Å². The van der Waals surface area contributed by atoms with Crippen LogP contribution in [-0.4, -0.2) is 39.5 Å². The summed E-state index contributed by atoms with van der Waals surface area (Å²) < 4.78 is 28.5. The predicted octanol–water partition coefficient (Wildman–Crippen LogP) is 3.80. The lowest BCUT2D eigenvalue weighted by Crippen LogP contribution is -2.34. The smallest absolute Gasteiger partial charge is 0.392 e. The van der Waals surface area contributed by atoms with Crippen LogP contribution < -0.4 is 0 Å². The Bertz CT molecular complexity index is 853. The molecule has 1 aliphatic heterocycles. The van der Waals surface area contributed by atoms with Gasteiger partial charge in [-0.05, 0) is 35.6 Å². The summed E-state index contributed by atoms with van der Waals surface area (Å²) in [6.07, 6.45) is -1.38. The summed E-state index contributed by atoms with van der Waals surface area (Å²) in [7, 11) is -4.37. The van der Waals surface area contributed by atoms with Gasteiger partial charge in [0, 0.05) is 0 Å². The monoisotopic (exact) mass is 436 g/mol. The molecule has 3 rings (SSSR count). The highest BCUT2D eigenvalue weighted by molar-refractivity contribution is 7.47. The van der Waals surface area contributed by atoms with Gasteiger partial charge in [-0.15, -0.1) is 0 Å². The quantitative estimate of drug-likeness (QED) is 0.514. The van der Waals surface area contributed by atoms with Crippen LogP contribution in [0.25, 0.3) is 11.1 Å². The van der Waals surface area contributed by atoms with Crippen LogP contribution in [0.3, 0.4) is 0 Å². The number of phosphoric acid groups is 1. The molecule has 1 aliphatic rings. The lowest BCUT2D eigenvalue weighted by Gasteiger charge is -2.23. The standard InChI is InChI=1S/C22H29O7P/c1-3-4-20-22(21(24)15(2)28-20)29-30(25,26)27-14-17-7-11-19(12-8-17)18-9-5-16(13-23)6-10-18/h5-12,15,20-24H,3-4,13-14H2,1-2H3,(H,25,26)/t15-,20+,21-,22+/m0/s1. The van der Waals surface area contributed by atoms with Gasteiger partial charge < -0.3 is 19.8 Å². The molecule has 164 valence electrons. The molecule has 0 aliphatic carbocycles. The second-order valence-corrected chi connectivity index (χ2v) is 8.93. The molecule has 0 amide bonds. The maximum Gasteiger partial charge on any atom is 0.472 e. The third kappa shape index (κ3) is 5.77. The summed E-state index contributed by atoms with van der Waals surface area (Å²) in [5.41, 5.74) is 3.54. The predicted molar refractivity (Wildman–Crippen MR) is 113 cm³/mol. The van der Waals surface area contributed by atoms with Gasteiger partial charge in [0.25, 0.3) is 0 Å². The number of hydrogen-bond acceptors (Lipinski definition) is 6. The molecule has 2 aromatic carbocycles. The molecule has 0 radical (unpaired) electrons. The van der Waals surface area contributed by atoms with E-state index in [-0.39, 0.29) is 13.2 Å². The number of aliphatic hydroxyl groups excluding tert-OH is 2. The van der Waals surface area contributed by atoms with Gasteiger partial charge in [-0.3, -0.25) is 9.05 Å². The molecule has 1 saturated heterocycles. The van der Waals surface area contributed by atoms with Crippen molar-refractivity contribution in [3.05, 3.63) is 59.7 Å². The molecule has 0 bridgehead atoms. The van der Waals surface area contributed by atoms with Crippen molar-refractivity contribution < 1.29 is 33.5 Å². The molecule has 1 unspecified atom stereocenters. The van der Waals surface area contributed by atoms with E-state index in [1.165, 1.54) is 0 Å². The summed E-state index contributed by atoms with van der Waals surface area (Å²) in [6, 6.07) is 15.0. The Labute approximate surface area is 176 Å². The fourth-order valence-corrected chi connectivity index (χ4v) is 4.45. The van der Waals surface area contributed by atoms with E-state index in [1.54, 1.807) is 6.92 Å². The Morgan fingerprint density at radius 2 is 1.60 bits per heavy atom. The summed E-state index contributed by atoms with van der Waals surface area (Å²) in [5, 5.41) is 19.4. The van der Waals surface area contributed by atoms with Crippen molar-refractivity contribution >= 4 is 7.82 Å². The molecule has 0 spiro atoms. The Morgan fingerprint density at radius 3 is 2.13 bits per heavy atom. The first kappa shape index (κ1) is 23.1. The third-order valence-electron chi connectivity index (χ3n) is 5.22. The fraction of sp³-hybridized carbons (Fsp3) is 0.455. The Balaban J connectivity index is 1.59. The number of benzene rings is 2. The van der Waals surface area contributed by atoms with E-state index >= 15 is 0 Å². The van der Waals surface area contributed by atoms with Gasteiger partial charge in [-0.1, -0.05) is 61.9 Å². The zero-order chi connectivity index (χ0) is 21.7. The first-order valence-electron chi connectivity index (χ1n) is 10.1. The van der Waals surface area contributed by atoms with Crippen LogP contribution in [-0.2, 0) is 31.6 Å². The van der Waals surface area contributed by atoms with Crippen LogP contribution in [0.1, 0.15) is 37.8 Å². The van der Waals surface area contributed by atoms with E-state index in [0.717, 1.165) is 23.1 Å². The summed E-state index contributed by atoms with van der Waals surface area (Å²) in [5.74, 6) is 0. The van der Waals surface area contributed by atoms with E-state index < -0.39 is 32.2 Å². The zero-order valence-electron chi connectivity index (χ0n) is 17.2. The Kier molecular flexibility index (Phi) is 7.82. The lowest BCUT2D eigenvalue weighted by atomic mass is 10.0. The molecule has 0 aromatic heterocycles. The highest BCUT2D eigenvalue weighted by Gasteiger charge is 2.45. The molecule has 0 saturated carbocycles. The summed E-state index contributed by atoms with van der Waals surface area (Å²) in [6.45, 7) is 3.57. The van der Waals surface area contributed by atoms with Gasteiger partial charge in [-0.25, -0.2) is 4.57 Å². The van der Waals surface area contributed by atoms with E-state index in [9.17, 15) is 14.6 Å². The topological polar surface area (TPSA) is 105 Å². The van der Waals surface area contributed by atoms with E-state index in [4.69, 9.17) is 18.9 Å². The molecular formula is C22H29O7P. The molecule has 8 heteroatoms. The maximum atomic E-state index is 12.4. The van der Waals surface area contributed by atoms with Crippen LogP contribution >= 0.6 is 7.82 Å². The van der Waals surface area contributed by atoms with Gasteiger partial charge in [-0.2, -0.15) is 0 Å². The average Bonchev–Trinajstić information content (AvgIpc) is 3.00. The van der Waals surface area contributed by atoms with Crippen molar-refractivity contribution in [2.75, 3.05) is 0 Å². The number of ether oxygens (including phenoxy) is 1. The molecule has 30 heavy (non-hydrogen) atoms. The Morgan fingerprint density at radius 1 is 1.03 bits per heavy atom. The van der Waals surface area contributed by atoms with Crippen molar-refractivity contribution in [1.29, 1.82) is 0 Å². The minimum Gasteiger partial charge on any atom is -0.392 e. The minimum atomic E-state index is -4.37. The number of aliphatic hydroxyl groups is 2. The van der Waals surface area contributed by atoms with E-state index in [1.807, 2.05) is 55.5 Å². The van der Waals surface area contributed by atoms with Gasteiger partial charge in [0.15, 0.2) is 0 Å². The zero-order valence-corrected chi connectivity index (χ0v) is 18.1. The first-order chi connectivity index (χ1) is 14.3. The van der Waals surface area contributed by atoms with Gasteiger partial charge >= 0.3 is 7.82 Å². The summed E-state index contributed by atoms with van der Waals surface area (Å²) >= 11 is 0.